The molecule has 0 unspecified atom stereocenters. The Morgan fingerprint density at radius 2 is 2.00 bits per heavy atom. The molecule has 15 heavy (non-hydrogen) atoms. The number of nitro groups is 1. The fourth-order valence-corrected chi connectivity index (χ4v) is 1.26. The first-order chi connectivity index (χ1) is 7.18. The number of benzene rings is 1. The van der Waals surface area contributed by atoms with Gasteiger partial charge in [0.15, 0.2) is 5.69 Å². The van der Waals surface area contributed by atoms with Gasteiger partial charge in [-0.1, -0.05) is 18.2 Å². The number of hydrogen-bond acceptors (Lipinski definition) is 4. The van der Waals surface area contributed by atoms with Crippen LogP contribution in [0.2, 0.25) is 0 Å². The van der Waals surface area contributed by atoms with Gasteiger partial charge in [-0.05, 0) is 19.1 Å². The third-order valence-electron chi connectivity index (χ3n) is 1.96. The van der Waals surface area contributed by atoms with Crippen LogP contribution in [0.5, 0.6) is 0 Å². The Hall–Kier alpha value is -2.17. The van der Waals surface area contributed by atoms with Gasteiger partial charge in [-0.2, -0.15) is 0 Å². The summed E-state index contributed by atoms with van der Waals surface area (Å²) in [4.78, 5) is 14.0. The van der Waals surface area contributed by atoms with Crippen molar-refractivity contribution in [1.29, 1.82) is 0 Å². The van der Waals surface area contributed by atoms with Crippen LogP contribution in [-0.4, -0.2) is 9.91 Å². The topological polar surface area (TPSA) is 69.2 Å². The average Bonchev–Trinajstić information content (AvgIpc) is 2.62. The van der Waals surface area contributed by atoms with E-state index in [1.165, 1.54) is 0 Å². The highest BCUT2D eigenvalue weighted by Crippen LogP contribution is 2.25. The van der Waals surface area contributed by atoms with Gasteiger partial charge in [-0.3, -0.25) is 10.1 Å². The predicted molar refractivity (Wildman–Crippen MR) is 53.3 cm³/mol. The van der Waals surface area contributed by atoms with Crippen molar-refractivity contribution < 1.29 is 9.34 Å². The average molecular weight is 204 g/mol. The van der Waals surface area contributed by atoms with Crippen LogP contribution in [-0.2, 0) is 0 Å². The van der Waals surface area contributed by atoms with E-state index in [9.17, 15) is 10.1 Å². The summed E-state index contributed by atoms with van der Waals surface area (Å²) >= 11 is 0. The Morgan fingerprint density at radius 1 is 1.33 bits per heavy atom. The van der Waals surface area contributed by atoms with Crippen LogP contribution in [0.25, 0.3) is 11.5 Å². The minimum absolute atomic E-state index is 0.278. The van der Waals surface area contributed by atoms with Crippen molar-refractivity contribution in [3.05, 3.63) is 46.1 Å². The van der Waals surface area contributed by atoms with Gasteiger partial charge in [0.2, 0.25) is 5.89 Å². The molecule has 0 bridgehead atoms. The fourth-order valence-electron chi connectivity index (χ4n) is 1.26. The summed E-state index contributed by atoms with van der Waals surface area (Å²) in [7, 11) is 0. The maximum absolute atomic E-state index is 10.5. The minimum Gasteiger partial charge on any atom is -0.380 e. The van der Waals surface area contributed by atoms with Gasteiger partial charge in [0, 0.05) is 5.56 Å². The van der Waals surface area contributed by atoms with E-state index < -0.39 is 4.92 Å². The van der Waals surface area contributed by atoms with E-state index >= 15 is 0 Å². The van der Waals surface area contributed by atoms with E-state index in [1.807, 2.05) is 18.2 Å². The maximum atomic E-state index is 10.5. The SMILES string of the molecule is Cc1nc(-c2ccccc2)oc1[N+](=O)[O-]. The lowest BCUT2D eigenvalue weighted by molar-refractivity contribution is -0.402. The maximum Gasteiger partial charge on any atom is 0.456 e. The Bertz CT molecular complexity index is 491. The van der Waals surface area contributed by atoms with E-state index in [4.69, 9.17) is 4.42 Å². The highest BCUT2D eigenvalue weighted by atomic mass is 16.6. The van der Waals surface area contributed by atoms with Crippen molar-refractivity contribution in [3.8, 4) is 11.5 Å². The third kappa shape index (κ3) is 1.71. The van der Waals surface area contributed by atoms with Crippen LogP contribution in [0.3, 0.4) is 0 Å². The van der Waals surface area contributed by atoms with Crippen LogP contribution in [0.4, 0.5) is 5.88 Å². The van der Waals surface area contributed by atoms with Gasteiger partial charge in [0.05, 0.1) is 0 Å². The molecule has 0 N–H and O–H groups in total. The second-order valence-electron chi connectivity index (χ2n) is 3.03. The van der Waals surface area contributed by atoms with Crippen molar-refractivity contribution in [2.75, 3.05) is 0 Å². The number of aryl methyl sites for hydroxylation is 1. The Labute approximate surface area is 85.5 Å². The number of hydrogen-bond donors (Lipinski definition) is 0. The first-order valence-electron chi connectivity index (χ1n) is 4.35. The Balaban J connectivity index is 2.48. The number of aromatic nitrogens is 1. The molecule has 0 aliphatic carbocycles. The standard InChI is InChI=1S/C10H8N2O3/c1-7-10(12(13)14)15-9(11-7)8-5-3-2-4-6-8/h2-6H,1H3. The zero-order valence-corrected chi connectivity index (χ0v) is 8.01. The summed E-state index contributed by atoms with van der Waals surface area (Å²) in [6.45, 7) is 1.55. The molecule has 0 atom stereocenters. The molecule has 2 rings (SSSR count). The summed E-state index contributed by atoms with van der Waals surface area (Å²) in [5, 5.41) is 10.5. The van der Waals surface area contributed by atoms with Crippen molar-refractivity contribution in [3.63, 3.8) is 0 Å². The second kappa shape index (κ2) is 3.53. The smallest absolute Gasteiger partial charge is 0.380 e. The Kier molecular flexibility index (Phi) is 2.21. The van der Waals surface area contributed by atoms with Crippen molar-refractivity contribution in [1.82, 2.24) is 4.98 Å². The van der Waals surface area contributed by atoms with Gasteiger partial charge in [-0.25, -0.2) is 4.98 Å². The molecule has 76 valence electrons. The second-order valence-corrected chi connectivity index (χ2v) is 3.03. The molecule has 1 aromatic heterocycles. The summed E-state index contributed by atoms with van der Waals surface area (Å²) in [6, 6.07) is 9.07. The molecule has 1 heterocycles. The Morgan fingerprint density at radius 3 is 2.53 bits per heavy atom. The van der Waals surface area contributed by atoms with Gasteiger partial charge in [0.25, 0.3) is 0 Å². The van der Waals surface area contributed by atoms with Crippen LogP contribution in [0.15, 0.2) is 34.7 Å². The number of nitrogens with zero attached hydrogens (tertiary/aromatic N) is 2. The first-order valence-corrected chi connectivity index (χ1v) is 4.35. The van der Waals surface area contributed by atoms with Gasteiger partial charge < -0.3 is 4.42 Å². The zero-order valence-electron chi connectivity index (χ0n) is 8.01. The minimum atomic E-state index is -0.575. The summed E-state index contributed by atoms with van der Waals surface area (Å²) < 4.78 is 5.05. The third-order valence-corrected chi connectivity index (χ3v) is 1.96. The molecular weight excluding hydrogens is 196 g/mol. The summed E-state index contributed by atoms with van der Waals surface area (Å²) in [5.74, 6) is -0.0198. The molecule has 0 radical (unpaired) electrons. The molecule has 0 saturated heterocycles. The van der Waals surface area contributed by atoms with Crippen LogP contribution < -0.4 is 0 Å². The van der Waals surface area contributed by atoms with Crippen LogP contribution in [0, 0.1) is 17.0 Å². The van der Waals surface area contributed by atoms with Crippen molar-refractivity contribution in [2.24, 2.45) is 0 Å². The normalized spacial score (nSPS) is 10.2. The summed E-state index contributed by atoms with van der Waals surface area (Å²) in [5.41, 5.74) is 1.02. The zero-order chi connectivity index (χ0) is 10.8. The molecule has 5 nitrogen and oxygen atoms in total. The molecule has 0 amide bonds. The highest BCUT2D eigenvalue weighted by Gasteiger charge is 2.20. The first kappa shape index (κ1) is 9.39. The van der Waals surface area contributed by atoms with E-state index in [1.54, 1.807) is 19.1 Å². The van der Waals surface area contributed by atoms with Crippen molar-refractivity contribution >= 4 is 5.88 Å². The molecular formula is C10H8N2O3. The van der Waals surface area contributed by atoms with Crippen molar-refractivity contribution in [2.45, 2.75) is 6.92 Å². The van der Waals surface area contributed by atoms with E-state index in [2.05, 4.69) is 4.98 Å². The molecule has 5 heteroatoms. The fraction of sp³-hybridized carbons (Fsp3) is 0.100. The molecule has 1 aromatic carbocycles. The van der Waals surface area contributed by atoms with Crippen LogP contribution >= 0.6 is 0 Å². The van der Waals surface area contributed by atoms with Gasteiger partial charge >= 0.3 is 5.88 Å². The van der Waals surface area contributed by atoms with E-state index in [0.717, 1.165) is 5.56 Å². The lowest BCUT2D eigenvalue weighted by Gasteiger charge is -1.91. The molecule has 2 aromatic rings. The number of oxazole rings is 1. The van der Waals surface area contributed by atoms with Gasteiger partial charge in [-0.15, -0.1) is 0 Å². The molecule has 0 saturated carbocycles. The predicted octanol–water partition coefficient (Wildman–Crippen LogP) is 2.56. The van der Waals surface area contributed by atoms with Crippen LogP contribution in [0.1, 0.15) is 5.69 Å². The largest absolute Gasteiger partial charge is 0.456 e. The lowest BCUT2D eigenvalue weighted by atomic mass is 10.2. The lowest BCUT2D eigenvalue weighted by Crippen LogP contribution is -1.86. The highest BCUT2D eigenvalue weighted by molar-refractivity contribution is 5.54. The van der Waals surface area contributed by atoms with Gasteiger partial charge in [0.1, 0.15) is 4.92 Å². The molecule has 0 aliphatic rings. The van der Waals surface area contributed by atoms with E-state index in [0.29, 0.717) is 5.69 Å². The monoisotopic (exact) mass is 204 g/mol. The number of rotatable bonds is 2. The molecule has 0 spiro atoms. The summed E-state index contributed by atoms with van der Waals surface area (Å²) in [6.07, 6.45) is 0. The van der Waals surface area contributed by atoms with E-state index in [-0.39, 0.29) is 11.8 Å². The molecule has 0 aliphatic heterocycles. The quantitative estimate of drug-likeness (QED) is 0.556. The molecule has 0 fully saturated rings.